The number of nitrogens with zero attached hydrogens (tertiary/aromatic N) is 1. The quantitative estimate of drug-likeness (QED) is 0.895. The van der Waals surface area contributed by atoms with E-state index < -0.39 is 0 Å². The molecule has 1 aromatic carbocycles. The van der Waals surface area contributed by atoms with Gasteiger partial charge in [-0.1, -0.05) is 6.07 Å². The van der Waals surface area contributed by atoms with Crippen molar-refractivity contribution in [1.29, 1.82) is 0 Å². The van der Waals surface area contributed by atoms with E-state index in [0.717, 1.165) is 23.7 Å². The van der Waals surface area contributed by atoms with Crippen LogP contribution in [-0.2, 0) is 0 Å². The summed E-state index contributed by atoms with van der Waals surface area (Å²) in [4.78, 5) is 5.69. The maximum atomic E-state index is 3.31. The smallest absolute Gasteiger partial charge is 0.0454 e. The molecule has 20 heavy (non-hydrogen) atoms. The molecular weight excluding hydrogens is 244 g/mol. The summed E-state index contributed by atoms with van der Waals surface area (Å²) in [7, 11) is 4.44. The molecule has 2 saturated carbocycles. The Hall–Kier alpha value is -1.28. The maximum Gasteiger partial charge on any atom is 0.0454 e. The highest BCUT2D eigenvalue weighted by Gasteiger charge is 2.47. The average molecular weight is 268 g/mol. The standard InChI is InChI=1S/C18H24N2/c1-20(2)11-16-12-3-4-14(9-12)18(16)15-5-6-17-13(10-15)7-8-19-17/h5-8,10,12,14,16,18-19H,3-4,9,11H2,1-2H3/t12-,14+,16-,18-/m0/s1. The number of hydrogen-bond acceptors (Lipinski definition) is 1. The maximum absolute atomic E-state index is 3.31. The largest absolute Gasteiger partial charge is 0.361 e. The van der Waals surface area contributed by atoms with Crippen LogP contribution in [-0.4, -0.2) is 30.5 Å². The Morgan fingerprint density at radius 3 is 2.85 bits per heavy atom. The number of fused-ring (bicyclic) bond motifs is 3. The number of nitrogens with one attached hydrogen (secondary N) is 1. The molecule has 2 nitrogen and oxygen atoms in total. The van der Waals surface area contributed by atoms with Gasteiger partial charge in [0.15, 0.2) is 0 Å². The van der Waals surface area contributed by atoms with Crippen LogP contribution in [0.4, 0.5) is 0 Å². The summed E-state index contributed by atoms with van der Waals surface area (Å²) in [6.07, 6.45) is 6.43. The highest BCUT2D eigenvalue weighted by molar-refractivity contribution is 5.80. The molecule has 2 aliphatic rings. The lowest BCUT2D eigenvalue weighted by molar-refractivity contribution is 0.219. The second-order valence-electron chi connectivity index (χ2n) is 7.11. The van der Waals surface area contributed by atoms with Gasteiger partial charge in [0.05, 0.1) is 0 Å². The Labute approximate surface area is 121 Å². The Balaban J connectivity index is 1.70. The fraction of sp³-hybridized carbons (Fsp3) is 0.556. The summed E-state index contributed by atoms with van der Waals surface area (Å²) in [5.41, 5.74) is 2.84. The van der Waals surface area contributed by atoms with Crippen molar-refractivity contribution in [3.8, 4) is 0 Å². The molecule has 4 atom stereocenters. The molecule has 1 aromatic heterocycles. The summed E-state index contributed by atoms with van der Waals surface area (Å²) in [6, 6.07) is 9.27. The van der Waals surface area contributed by atoms with Gasteiger partial charge in [0.1, 0.15) is 0 Å². The van der Waals surface area contributed by atoms with Crippen LogP contribution in [0.1, 0.15) is 30.7 Å². The zero-order chi connectivity index (χ0) is 13.7. The molecule has 4 rings (SSSR count). The second-order valence-corrected chi connectivity index (χ2v) is 7.11. The van der Waals surface area contributed by atoms with Crippen molar-refractivity contribution in [3.05, 3.63) is 36.0 Å². The van der Waals surface area contributed by atoms with E-state index >= 15 is 0 Å². The fourth-order valence-electron chi connectivity index (χ4n) is 4.89. The van der Waals surface area contributed by atoms with Crippen molar-refractivity contribution in [2.24, 2.45) is 17.8 Å². The van der Waals surface area contributed by atoms with E-state index in [1.807, 2.05) is 6.20 Å². The molecule has 2 aliphatic carbocycles. The van der Waals surface area contributed by atoms with Crippen LogP contribution in [0, 0.1) is 17.8 Å². The van der Waals surface area contributed by atoms with Crippen molar-refractivity contribution in [2.45, 2.75) is 25.2 Å². The number of benzene rings is 1. The lowest BCUT2D eigenvalue weighted by Gasteiger charge is -2.33. The second kappa shape index (κ2) is 4.63. The minimum atomic E-state index is 0.787. The minimum Gasteiger partial charge on any atom is -0.361 e. The van der Waals surface area contributed by atoms with Crippen LogP contribution in [0.5, 0.6) is 0 Å². The summed E-state index contributed by atoms with van der Waals surface area (Å²) in [5, 5.41) is 1.37. The number of hydrogen-bond donors (Lipinski definition) is 1. The molecule has 0 spiro atoms. The van der Waals surface area contributed by atoms with Crippen LogP contribution < -0.4 is 0 Å². The average Bonchev–Trinajstić information content (AvgIpc) is 3.12. The molecule has 1 heterocycles. The monoisotopic (exact) mass is 268 g/mol. The van der Waals surface area contributed by atoms with E-state index in [-0.39, 0.29) is 0 Å². The van der Waals surface area contributed by atoms with Crippen LogP contribution in [0.2, 0.25) is 0 Å². The van der Waals surface area contributed by atoms with Gasteiger partial charge in [-0.3, -0.25) is 0 Å². The first-order chi connectivity index (χ1) is 9.72. The van der Waals surface area contributed by atoms with Gasteiger partial charge in [0.2, 0.25) is 0 Å². The lowest BCUT2D eigenvalue weighted by Crippen LogP contribution is -2.30. The fourth-order valence-corrected chi connectivity index (χ4v) is 4.89. The van der Waals surface area contributed by atoms with Crippen LogP contribution in [0.3, 0.4) is 0 Å². The third-order valence-corrected chi connectivity index (χ3v) is 5.63. The summed E-state index contributed by atoms with van der Waals surface area (Å²) in [5.74, 6) is 3.55. The lowest BCUT2D eigenvalue weighted by atomic mass is 9.75. The molecule has 0 unspecified atom stereocenters. The molecule has 0 aliphatic heterocycles. The zero-order valence-electron chi connectivity index (χ0n) is 12.5. The van der Waals surface area contributed by atoms with E-state index in [2.05, 4.69) is 48.2 Å². The predicted octanol–water partition coefficient (Wildman–Crippen LogP) is 3.86. The van der Waals surface area contributed by atoms with Crippen molar-refractivity contribution in [2.75, 3.05) is 20.6 Å². The molecular formula is C18H24N2. The van der Waals surface area contributed by atoms with Crippen molar-refractivity contribution in [1.82, 2.24) is 9.88 Å². The van der Waals surface area contributed by atoms with Crippen molar-refractivity contribution >= 4 is 10.9 Å². The molecule has 106 valence electrons. The molecule has 2 fully saturated rings. The van der Waals surface area contributed by atoms with E-state index in [4.69, 9.17) is 0 Å². The topological polar surface area (TPSA) is 19.0 Å². The highest BCUT2D eigenvalue weighted by atomic mass is 15.1. The summed E-state index contributed by atoms with van der Waals surface area (Å²) < 4.78 is 0. The zero-order valence-corrected chi connectivity index (χ0v) is 12.5. The molecule has 2 aromatic rings. The summed E-state index contributed by atoms with van der Waals surface area (Å²) in [6.45, 7) is 1.25. The molecule has 0 amide bonds. The Kier molecular flexibility index (Phi) is 2.88. The van der Waals surface area contributed by atoms with Crippen LogP contribution in [0.15, 0.2) is 30.5 Å². The number of rotatable bonds is 3. The van der Waals surface area contributed by atoms with Gasteiger partial charge in [-0.15, -0.1) is 0 Å². The first kappa shape index (κ1) is 12.5. The number of H-pyrrole nitrogens is 1. The molecule has 1 N–H and O–H groups in total. The van der Waals surface area contributed by atoms with Crippen LogP contribution in [0.25, 0.3) is 10.9 Å². The molecule has 0 saturated heterocycles. The van der Waals surface area contributed by atoms with Gasteiger partial charge in [0, 0.05) is 18.3 Å². The van der Waals surface area contributed by atoms with E-state index in [0.29, 0.717) is 0 Å². The van der Waals surface area contributed by atoms with Gasteiger partial charge < -0.3 is 9.88 Å². The van der Waals surface area contributed by atoms with Gasteiger partial charge in [-0.05, 0) is 86.2 Å². The van der Waals surface area contributed by atoms with Crippen LogP contribution >= 0.6 is 0 Å². The minimum absolute atomic E-state index is 0.787. The van der Waals surface area contributed by atoms with E-state index in [9.17, 15) is 0 Å². The third kappa shape index (κ3) is 1.89. The Morgan fingerprint density at radius 1 is 1.15 bits per heavy atom. The van der Waals surface area contributed by atoms with E-state index in [1.165, 1.54) is 36.7 Å². The predicted molar refractivity (Wildman–Crippen MR) is 83.9 cm³/mol. The van der Waals surface area contributed by atoms with E-state index in [1.54, 1.807) is 5.56 Å². The molecule has 0 radical (unpaired) electrons. The SMILES string of the molecule is CN(C)C[C@H]1[C@H]2CC[C@H](C2)[C@H]1c1ccc2[nH]ccc2c1. The molecule has 2 heteroatoms. The van der Waals surface area contributed by atoms with Gasteiger partial charge in [-0.2, -0.15) is 0 Å². The van der Waals surface area contributed by atoms with Crippen molar-refractivity contribution < 1.29 is 0 Å². The normalized spacial score (nSPS) is 32.5. The highest BCUT2D eigenvalue weighted by Crippen LogP contribution is 2.56. The van der Waals surface area contributed by atoms with Gasteiger partial charge >= 0.3 is 0 Å². The number of aromatic amines is 1. The first-order valence-electron chi connectivity index (χ1n) is 7.94. The molecule has 2 bridgehead atoms. The van der Waals surface area contributed by atoms with Gasteiger partial charge in [0.25, 0.3) is 0 Å². The van der Waals surface area contributed by atoms with Crippen molar-refractivity contribution in [3.63, 3.8) is 0 Å². The summed E-state index contributed by atoms with van der Waals surface area (Å²) >= 11 is 0. The van der Waals surface area contributed by atoms with Gasteiger partial charge in [-0.25, -0.2) is 0 Å². The first-order valence-corrected chi connectivity index (χ1v) is 7.94. The Bertz CT molecular complexity index is 613. The Morgan fingerprint density at radius 2 is 2.00 bits per heavy atom. The third-order valence-electron chi connectivity index (χ3n) is 5.63. The number of aromatic nitrogens is 1.